The molecule has 0 radical (unpaired) electrons. The Morgan fingerprint density at radius 3 is 2.82 bits per heavy atom. The fraction of sp³-hybridized carbons (Fsp3) is 0.105. The molecule has 9 heteroatoms. The van der Waals surface area contributed by atoms with E-state index in [-0.39, 0.29) is 5.91 Å². The lowest BCUT2D eigenvalue weighted by Crippen LogP contribution is -2.11. The summed E-state index contributed by atoms with van der Waals surface area (Å²) in [6.45, 7) is 0. The lowest BCUT2D eigenvalue weighted by atomic mass is 10.2. The number of aromatic nitrogens is 3. The maximum absolute atomic E-state index is 12.2. The summed E-state index contributed by atoms with van der Waals surface area (Å²) in [5.74, 6) is 0.537. The van der Waals surface area contributed by atoms with Crippen LogP contribution in [0.4, 0.5) is 5.13 Å². The standard InChI is InChI=1S/C19H14Cl2N4OS2/c20-12-6-5-11(9-13(12)21)16-10-28-19(24-16)25-17(26)7-8-27-18-22-14-3-1-2-4-15(14)23-18/h1-6,9-10H,7-8H2,(H,22,23)(H,24,25,26). The second-order valence-corrected chi connectivity index (χ2v) is 8.63. The molecule has 2 aromatic carbocycles. The first kappa shape index (κ1) is 19.3. The maximum Gasteiger partial charge on any atom is 0.226 e. The molecule has 4 aromatic rings. The normalized spacial score (nSPS) is 11.1. The van der Waals surface area contributed by atoms with Gasteiger partial charge in [0.25, 0.3) is 0 Å². The molecule has 4 rings (SSSR count). The number of rotatable bonds is 6. The second kappa shape index (κ2) is 8.53. The van der Waals surface area contributed by atoms with E-state index in [1.54, 1.807) is 12.1 Å². The van der Waals surface area contributed by atoms with Crippen molar-refractivity contribution < 1.29 is 4.79 Å². The van der Waals surface area contributed by atoms with Crippen LogP contribution in [0.25, 0.3) is 22.3 Å². The Kier molecular flexibility index (Phi) is 5.87. The van der Waals surface area contributed by atoms with Crippen molar-refractivity contribution in [1.82, 2.24) is 15.0 Å². The van der Waals surface area contributed by atoms with Crippen LogP contribution in [-0.4, -0.2) is 26.6 Å². The zero-order valence-electron chi connectivity index (χ0n) is 14.4. The molecule has 0 atom stereocenters. The van der Waals surface area contributed by atoms with Crippen LogP contribution in [0.15, 0.2) is 53.0 Å². The Balaban J connectivity index is 1.31. The lowest BCUT2D eigenvalue weighted by molar-refractivity contribution is -0.115. The van der Waals surface area contributed by atoms with Gasteiger partial charge in [0.15, 0.2) is 10.3 Å². The minimum absolute atomic E-state index is 0.0846. The third-order valence-corrected chi connectivity index (χ3v) is 6.27. The van der Waals surface area contributed by atoms with E-state index in [9.17, 15) is 4.79 Å². The number of carbonyl (C=O) groups excluding carboxylic acids is 1. The number of imidazole rings is 1. The Morgan fingerprint density at radius 2 is 2.00 bits per heavy atom. The molecule has 0 aliphatic carbocycles. The minimum Gasteiger partial charge on any atom is -0.333 e. The van der Waals surface area contributed by atoms with Crippen molar-refractivity contribution in [3.63, 3.8) is 0 Å². The third-order valence-electron chi connectivity index (χ3n) is 3.90. The molecule has 0 unspecified atom stereocenters. The van der Waals surface area contributed by atoms with E-state index in [1.165, 1.54) is 23.1 Å². The number of H-pyrrole nitrogens is 1. The van der Waals surface area contributed by atoms with Crippen molar-refractivity contribution in [2.45, 2.75) is 11.6 Å². The van der Waals surface area contributed by atoms with Gasteiger partial charge in [-0.1, -0.05) is 53.2 Å². The van der Waals surface area contributed by atoms with Crippen LogP contribution >= 0.6 is 46.3 Å². The van der Waals surface area contributed by atoms with Crippen LogP contribution in [-0.2, 0) is 4.79 Å². The third kappa shape index (κ3) is 4.50. The number of hydrogen-bond acceptors (Lipinski definition) is 5. The van der Waals surface area contributed by atoms with Crippen LogP contribution in [0.2, 0.25) is 10.0 Å². The highest BCUT2D eigenvalue weighted by atomic mass is 35.5. The van der Waals surface area contributed by atoms with Crippen molar-refractivity contribution in [1.29, 1.82) is 0 Å². The summed E-state index contributed by atoms with van der Waals surface area (Å²) in [7, 11) is 0. The first-order valence-corrected chi connectivity index (χ1v) is 11.0. The first-order chi connectivity index (χ1) is 13.6. The van der Waals surface area contributed by atoms with Gasteiger partial charge in [0.05, 0.1) is 26.8 Å². The molecule has 2 N–H and O–H groups in total. The second-order valence-electron chi connectivity index (χ2n) is 5.87. The van der Waals surface area contributed by atoms with Crippen molar-refractivity contribution in [2.75, 3.05) is 11.1 Å². The van der Waals surface area contributed by atoms with Gasteiger partial charge in [0.2, 0.25) is 5.91 Å². The van der Waals surface area contributed by atoms with E-state index >= 15 is 0 Å². The number of aromatic amines is 1. The van der Waals surface area contributed by atoms with Gasteiger partial charge in [-0.25, -0.2) is 9.97 Å². The molecular formula is C19H14Cl2N4OS2. The molecule has 0 aliphatic heterocycles. The molecule has 0 aliphatic rings. The lowest BCUT2D eigenvalue weighted by Gasteiger charge is -2.01. The minimum atomic E-state index is -0.0846. The Hall–Kier alpha value is -2.06. The monoisotopic (exact) mass is 448 g/mol. The van der Waals surface area contributed by atoms with Gasteiger partial charge in [-0.2, -0.15) is 0 Å². The molecule has 5 nitrogen and oxygen atoms in total. The highest BCUT2D eigenvalue weighted by molar-refractivity contribution is 7.99. The van der Waals surface area contributed by atoms with Gasteiger partial charge >= 0.3 is 0 Å². The molecule has 142 valence electrons. The molecule has 28 heavy (non-hydrogen) atoms. The predicted octanol–water partition coefficient (Wildman–Crippen LogP) is 6.11. The molecule has 0 fully saturated rings. The molecule has 0 saturated carbocycles. The van der Waals surface area contributed by atoms with Gasteiger partial charge in [-0.3, -0.25) is 4.79 Å². The van der Waals surface area contributed by atoms with E-state index < -0.39 is 0 Å². The number of nitrogens with zero attached hydrogens (tertiary/aromatic N) is 2. The predicted molar refractivity (Wildman–Crippen MR) is 118 cm³/mol. The quantitative estimate of drug-likeness (QED) is 0.348. The van der Waals surface area contributed by atoms with Crippen molar-refractivity contribution >= 4 is 68.4 Å². The summed E-state index contributed by atoms with van der Waals surface area (Å²) < 4.78 is 0. The number of thioether (sulfide) groups is 1. The van der Waals surface area contributed by atoms with Crippen LogP contribution < -0.4 is 5.32 Å². The van der Waals surface area contributed by atoms with Gasteiger partial charge in [0.1, 0.15) is 0 Å². The van der Waals surface area contributed by atoms with Crippen LogP contribution in [0, 0.1) is 0 Å². The molecule has 1 amide bonds. The average molecular weight is 449 g/mol. The van der Waals surface area contributed by atoms with Crippen LogP contribution in [0.1, 0.15) is 6.42 Å². The summed E-state index contributed by atoms with van der Waals surface area (Å²) in [5, 5.41) is 7.04. The largest absolute Gasteiger partial charge is 0.333 e. The van der Waals surface area contributed by atoms with E-state index in [1.807, 2.05) is 35.7 Å². The number of para-hydroxylation sites is 2. The highest BCUT2D eigenvalue weighted by Gasteiger charge is 2.10. The number of amides is 1. The van der Waals surface area contributed by atoms with Crippen molar-refractivity contribution in [3.8, 4) is 11.3 Å². The number of anilines is 1. The zero-order chi connectivity index (χ0) is 19.5. The van der Waals surface area contributed by atoms with Crippen LogP contribution in [0.5, 0.6) is 0 Å². The number of halogens is 2. The number of thiazole rings is 1. The summed E-state index contributed by atoms with van der Waals surface area (Å²) in [6.07, 6.45) is 0.364. The summed E-state index contributed by atoms with van der Waals surface area (Å²) in [5.41, 5.74) is 3.52. The van der Waals surface area contributed by atoms with Crippen molar-refractivity contribution in [3.05, 3.63) is 57.9 Å². The summed E-state index contributed by atoms with van der Waals surface area (Å²) >= 11 is 14.9. The van der Waals surface area contributed by atoms with Gasteiger partial charge < -0.3 is 10.3 Å². The van der Waals surface area contributed by atoms with Gasteiger partial charge in [-0.15, -0.1) is 11.3 Å². The fourth-order valence-electron chi connectivity index (χ4n) is 2.54. The van der Waals surface area contributed by atoms with Crippen LogP contribution in [0.3, 0.4) is 0 Å². The average Bonchev–Trinajstić information content (AvgIpc) is 3.30. The molecule has 0 saturated heterocycles. The summed E-state index contributed by atoms with van der Waals surface area (Å²) in [6, 6.07) is 13.2. The van der Waals surface area contributed by atoms with Gasteiger partial charge in [0, 0.05) is 23.1 Å². The maximum atomic E-state index is 12.2. The molecular weight excluding hydrogens is 435 g/mol. The van der Waals surface area contributed by atoms with E-state index in [0.29, 0.717) is 27.4 Å². The number of fused-ring (bicyclic) bond motifs is 1. The molecule has 2 aromatic heterocycles. The number of benzene rings is 2. The van der Waals surface area contributed by atoms with Crippen molar-refractivity contribution in [2.24, 2.45) is 0 Å². The topological polar surface area (TPSA) is 70.7 Å². The van der Waals surface area contributed by atoms with E-state index in [0.717, 1.165) is 27.4 Å². The SMILES string of the molecule is O=C(CCSc1nc2ccccc2[nH]1)Nc1nc(-c2ccc(Cl)c(Cl)c2)cs1. The van der Waals surface area contributed by atoms with Gasteiger partial charge in [-0.05, 0) is 24.3 Å². The fourth-order valence-corrected chi connectivity index (χ4v) is 4.40. The Labute approximate surface area is 179 Å². The molecule has 0 spiro atoms. The summed E-state index contributed by atoms with van der Waals surface area (Å²) in [4.78, 5) is 24.4. The zero-order valence-corrected chi connectivity index (χ0v) is 17.6. The Bertz CT molecular complexity index is 1110. The number of carbonyl (C=O) groups is 1. The number of hydrogen-bond donors (Lipinski definition) is 2. The highest BCUT2D eigenvalue weighted by Crippen LogP contribution is 2.30. The van der Waals surface area contributed by atoms with E-state index in [4.69, 9.17) is 23.2 Å². The molecule has 0 bridgehead atoms. The van der Waals surface area contributed by atoms with E-state index in [2.05, 4.69) is 20.3 Å². The number of nitrogens with one attached hydrogen (secondary N) is 2. The molecule has 2 heterocycles. The first-order valence-electron chi connectivity index (χ1n) is 8.37. The Morgan fingerprint density at radius 1 is 1.14 bits per heavy atom. The smallest absolute Gasteiger partial charge is 0.226 e.